The number of thiocarbonyl (C=S) groups is 1. The predicted octanol–water partition coefficient (Wildman–Crippen LogP) is 3.59. The van der Waals surface area contributed by atoms with Crippen molar-refractivity contribution in [3.63, 3.8) is 0 Å². The zero-order chi connectivity index (χ0) is 13.0. The Kier molecular flexibility index (Phi) is 4.30. The normalized spacial score (nSPS) is 9.89. The molecule has 1 heterocycles. The molecule has 0 atom stereocenters. The van der Waals surface area contributed by atoms with Gasteiger partial charge in [0, 0.05) is 12.4 Å². The van der Waals surface area contributed by atoms with Crippen LogP contribution in [-0.4, -0.2) is 15.1 Å². The number of anilines is 2. The molecule has 0 radical (unpaired) electrons. The second-order valence-electron chi connectivity index (χ2n) is 3.27. The van der Waals surface area contributed by atoms with Crippen LogP contribution in [0.1, 0.15) is 0 Å². The third kappa shape index (κ3) is 3.29. The molecule has 1 aromatic heterocycles. The first-order valence-corrected chi connectivity index (χ1v) is 6.11. The van der Waals surface area contributed by atoms with Crippen LogP contribution in [-0.2, 0) is 0 Å². The molecule has 0 saturated carbocycles. The number of hydrogen-bond acceptors (Lipinski definition) is 3. The fourth-order valence-electron chi connectivity index (χ4n) is 1.23. The van der Waals surface area contributed by atoms with Crippen molar-refractivity contribution in [1.82, 2.24) is 9.97 Å². The Bertz CT molecular complexity index is 562. The van der Waals surface area contributed by atoms with Gasteiger partial charge in [0.05, 0.1) is 21.9 Å². The minimum Gasteiger partial charge on any atom is -0.331 e. The monoisotopic (exact) mass is 298 g/mol. The Balaban J connectivity index is 2.06. The Morgan fingerprint density at radius 1 is 1.17 bits per heavy atom. The van der Waals surface area contributed by atoms with Gasteiger partial charge in [-0.05, 0) is 24.4 Å². The zero-order valence-electron chi connectivity index (χ0n) is 9.02. The molecule has 0 spiro atoms. The summed E-state index contributed by atoms with van der Waals surface area (Å²) in [4.78, 5) is 7.96. The third-order valence-corrected chi connectivity index (χ3v) is 3.03. The molecule has 92 valence electrons. The quantitative estimate of drug-likeness (QED) is 0.830. The van der Waals surface area contributed by atoms with Gasteiger partial charge in [-0.1, -0.05) is 29.3 Å². The Morgan fingerprint density at radius 3 is 2.72 bits per heavy atom. The molecule has 2 N–H and O–H groups in total. The van der Waals surface area contributed by atoms with Crippen molar-refractivity contribution in [3.05, 3.63) is 46.8 Å². The summed E-state index contributed by atoms with van der Waals surface area (Å²) in [7, 11) is 0. The number of nitrogens with one attached hydrogen (secondary N) is 2. The summed E-state index contributed by atoms with van der Waals surface area (Å²) in [6.45, 7) is 0. The SMILES string of the molecule is S=C(Nc1cnccn1)Nc1cccc(Cl)c1Cl. The molecule has 0 aliphatic heterocycles. The molecule has 0 aliphatic carbocycles. The highest BCUT2D eigenvalue weighted by molar-refractivity contribution is 7.80. The first-order valence-electron chi connectivity index (χ1n) is 4.95. The van der Waals surface area contributed by atoms with Crippen molar-refractivity contribution in [2.24, 2.45) is 0 Å². The minimum atomic E-state index is 0.361. The lowest BCUT2D eigenvalue weighted by molar-refractivity contribution is 1.21. The van der Waals surface area contributed by atoms with E-state index in [1.165, 1.54) is 0 Å². The molecule has 7 heteroatoms. The maximum atomic E-state index is 6.03. The summed E-state index contributed by atoms with van der Waals surface area (Å²) in [6.07, 6.45) is 4.71. The average Bonchev–Trinajstić information content (AvgIpc) is 2.36. The van der Waals surface area contributed by atoms with E-state index >= 15 is 0 Å². The summed E-state index contributed by atoms with van der Waals surface area (Å²) in [5.41, 5.74) is 0.630. The fourth-order valence-corrected chi connectivity index (χ4v) is 1.80. The second-order valence-corrected chi connectivity index (χ2v) is 4.46. The summed E-state index contributed by atoms with van der Waals surface area (Å²) in [5, 5.41) is 7.06. The number of halogens is 2. The van der Waals surface area contributed by atoms with Crippen LogP contribution < -0.4 is 10.6 Å². The summed E-state index contributed by atoms with van der Waals surface area (Å²) in [5.74, 6) is 0.549. The summed E-state index contributed by atoms with van der Waals surface area (Å²) < 4.78 is 0. The van der Waals surface area contributed by atoms with Crippen molar-refractivity contribution in [2.45, 2.75) is 0 Å². The molecular weight excluding hydrogens is 291 g/mol. The largest absolute Gasteiger partial charge is 0.331 e. The Morgan fingerprint density at radius 2 is 2.00 bits per heavy atom. The smallest absolute Gasteiger partial charge is 0.176 e. The van der Waals surface area contributed by atoms with E-state index in [0.29, 0.717) is 26.7 Å². The highest BCUT2D eigenvalue weighted by Crippen LogP contribution is 2.29. The molecule has 1 aromatic carbocycles. The van der Waals surface area contributed by atoms with Gasteiger partial charge >= 0.3 is 0 Å². The van der Waals surface area contributed by atoms with Crippen molar-refractivity contribution in [1.29, 1.82) is 0 Å². The number of aromatic nitrogens is 2. The lowest BCUT2D eigenvalue weighted by Crippen LogP contribution is -2.20. The molecule has 0 aliphatic rings. The Hall–Kier alpha value is -1.43. The van der Waals surface area contributed by atoms with Crippen LogP contribution in [0.4, 0.5) is 11.5 Å². The summed E-state index contributed by atoms with van der Waals surface area (Å²) >= 11 is 17.1. The molecule has 2 rings (SSSR count). The van der Waals surface area contributed by atoms with E-state index in [0.717, 1.165) is 0 Å². The average molecular weight is 299 g/mol. The van der Waals surface area contributed by atoms with Gasteiger partial charge in [0.25, 0.3) is 0 Å². The molecule has 0 saturated heterocycles. The first kappa shape index (κ1) is 13.0. The molecular formula is C11H8Cl2N4S. The second kappa shape index (κ2) is 5.95. The third-order valence-electron chi connectivity index (χ3n) is 2.00. The van der Waals surface area contributed by atoms with Crippen LogP contribution in [0.15, 0.2) is 36.8 Å². The van der Waals surface area contributed by atoms with Crippen molar-refractivity contribution < 1.29 is 0 Å². The van der Waals surface area contributed by atoms with E-state index in [-0.39, 0.29) is 0 Å². The standard InChI is InChI=1S/C11H8Cl2N4S/c12-7-2-1-3-8(10(7)13)16-11(18)17-9-6-14-4-5-15-9/h1-6H,(H2,15,16,17,18). The van der Waals surface area contributed by atoms with Crippen LogP contribution in [0.25, 0.3) is 0 Å². The van der Waals surface area contributed by atoms with Crippen molar-refractivity contribution in [3.8, 4) is 0 Å². The minimum absolute atomic E-state index is 0.361. The molecule has 2 aromatic rings. The van der Waals surface area contributed by atoms with E-state index in [9.17, 15) is 0 Å². The fraction of sp³-hybridized carbons (Fsp3) is 0. The van der Waals surface area contributed by atoms with Gasteiger partial charge in [-0.3, -0.25) is 4.98 Å². The topological polar surface area (TPSA) is 49.8 Å². The summed E-state index contributed by atoms with van der Waals surface area (Å²) in [6, 6.07) is 5.26. The predicted molar refractivity (Wildman–Crippen MR) is 78.3 cm³/mol. The highest BCUT2D eigenvalue weighted by atomic mass is 35.5. The molecule has 0 unspecified atom stereocenters. The van der Waals surface area contributed by atoms with E-state index < -0.39 is 0 Å². The van der Waals surface area contributed by atoms with Crippen LogP contribution >= 0.6 is 35.4 Å². The van der Waals surface area contributed by atoms with Gasteiger partial charge in [-0.2, -0.15) is 0 Å². The zero-order valence-corrected chi connectivity index (χ0v) is 11.4. The van der Waals surface area contributed by atoms with Gasteiger partial charge in [0.1, 0.15) is 0 Å². The molecule has 0 amide bonds. The number of rotatable bonds is 2. The van der Waals surface area contributed by atoms with Gasteiger partial charge < -0.3 is 10.6 Å². The van der Waals surface area contributed by atoms with E-state index in [4.69, 9.17) is 35.4 Å². The molecule has 18 heavy (non-hydrogen) atoms. The number of hydrogen-bond donors (Lipinski definition) is 2. The van der Waals surface area contributed by atoms with Crippen LogP contribution in [0.5, 0.6) is 0 Å². The van der Waals surface area contributed by atoms with E-state index in [1.54, 1.807) is 36.8 Å². The van der Waals surface area contributed by atoms with Crippen molar-refractivity contribution in [2.75, 3.05) is 10.6 Å². The van der Waals surface area contributed by atoms with E-state index in [1.807, 2.05) is 0 Å². The Labute approximate surface area is 119 Å². The molecule has 4 nitrogen and oxygen atoms in total. The van der Waals surface area contributed by atoms with Gasteiger partial charge in [-0.25, -0.2) is 4.98 Å². The van der Waals surface area contributed by atoms with Crippen LogP contribution in [0.2, 0.25) is 10.0 Å². The first-order chi connectivity index (χ1) is 8.66. The van der Waals surface area contributed by atoms with Gasteiger partial charge in [0.15, 0.2) is 10.9 Å². The number of nitrogens with zero attached hydrogens (tertiary/aromatic N) is 2. The molecule has 0 fully saturated rings. The maximum Gasteiger partial charge on any atom is 0.176 e. The molecule has 0 bridgehead atoms. The van der Waals surface area contributed by atoms with Gasteiger partial charge in [0.2, 0.25) is 0 Å². The lowest BCUT2D eigenvalue weighted by atomic mass is 10.3. The van der Waals surface area contributed by atoms with Crippen LogP contribution in [0.3, 0.4) is 0 Å². The van der Waals surface area contributed by atoms with E-state index in [2.05, 4.69) is 20.6 Å². The highest BCUT2D eigenvalue weighted by Gasteiger charge is 2.06. The maximum absolute atomic E-state index is 6.03. The van der Waals surface area contributed by atoms with Crippen molar-refractivity contribution >= 4 is 52.0 Å². The lowest BCUT2D eigenvalue weighted by Gasteiger charge is -2.11. The van der Waals surface area contributed by atoms with Gasteiger partial charge in [-0.15, -0.1) is 0 Å². The number of benzene rings is 1. The van der Waals surface area contributed by atoms with Crippen LogP contribution in [0, 0.1) is 0 Å².